The molecule has 3 aromatic heterocycles. The van der Waals surface area contributed by atoms with Crippen LogP contribution in [0.25, 0.3) is 11.4 Å². The number of halogens is 2. The number of imidazole rings is 1. The number of carbonyl (C=O) groups excluding carboxylic acids is 1. The first-order valence-corrected chi connectivity index (χ1v) is 12.3. The molecule has 5 rings (SSSR count). The number of aryl methyl sites for hydroxylation is 1. The number of anilines is 2. The van der Waals surface area contributed by atoms with E-state index in [2.05, 4.69) is 25.3 Å². The molecule has 2 saturated heterocycles. The number of likely N-dealkylation sites (tertiary alicyclic amines) is 1. The topological polar surface area (TPSA) is 98.1 Å². The lowest BCUT2D eigenvalue weighted by Gasteiger charge is -2.26. The molecular weight excluding hydrogens is 473 g/mol. The van der Waals surface area contributed by atoms with E-state index < -0.39 is 5.82 Å². The average molecular weight is 500 g/mol. The number of aromatic nitrogens is 5. The Kier molecular flexibility index (Phi) is 6.92. The monoisotopic (exact) mass is 499 g/mol. The molecule has 3 aromatic rings. The molecule has 2 aliphatic heterocycles. The van der Waals surface area contributed by atoms with Gasteiger partial charge in [-0.3, -0.25) is 4.79 Å². The van der Waals surface area contributed by atoms with Crippen LogP contribution in [0, 0.1) is 12.7 Å². The number of piperidine rings is 1. The van der Waals surface area contributed by atoms with E-state index in [0.29, 0.717) is 37.7 Å². The summed E-state index contributed by atoms with van der Waals surface area (Å²) >= 11 is 6.40. The van der Waals surface area contributed by atoms with E-state index >= 15 is 0 Å². The largest absolute Gasteiger partial charge is 0.381 e. The minimum atomic E-state index is -0.539. The van der Waals surface area contributed by atoms with E-state index in [4.69, 9.17) is 16.3 Å². The second-order valence-electron chi connectivity index (χ2n) is 8.83. The van der Waals surface area contributed by atoms with Crippen molar-refractivity contribution in [3.63, 3.8) is 0 Å². The highest BCUT2D eigenvalue weighted by molar-refractivity contribution is 6.33. The number of hydrogen-bond donors (Lipinski definition) is 1. The molecule has 1 amide bonds. The summed E-state index contributed by atoms with van der Waals surface area (Å²) in [6.07, 6.45) is 9.03. The molecule has 184 valence electrons. The number of rotatable bonds is 5. The summed E-state index contributed by atoms with van der Waals surface area (Å²) in [5, 5.41) is 3.26. The second-order valence-corrected chi connectivity index (χ2v) is 9.23. The van der Waals surface area contributed by atoms with Gasteiger partial charge in [-0.15, -0.1) is 0 Å². The summed E-state index contributed by atoms with van der Waals surface area (Å²) in [6.45, 7) is 4.65. The molecular formula is C24H27ClFN7O2. The van der Waals surface area contributed by atoms with Crippen LogP contribution in [-0.4, -0.2) is 61.6 Å². The molecule has 0 aromatic carbocycles. The molecule has 35 heavy (non-hydrogen) atoms. The van der Waals surface area contributed by atoms with Crippen molar-refractivity contribution in [1.82, 2.24) is 29.4 Å². The van der Waals surface area contributed by atoms with Crippen LogP contribution in [0.2, 0.25) is 5.02 Å². The Labute approximate surface area is 207 Å². The predicted molar refractivity (Wildman–Crippen MR) is 129 cm³/mol. The van der Waals surface area contributed by atoms with Crippen LogP contribution in [0.3, 0.4) is 0 Å². The highest BCUT2D eigenvalue weighted by Gasteiger charge is 2.24. The molecule has 0 radical (unpaired) electrons. The van der Waals surface area contributed by atoms with Gasteiger partial charge >= 0.3 is 0 Å². The molecule has 0 aliphatic carbocycles. The third kappa shape index (κ3) is 4.99. The van der Waals surface area contributed by atoms with E-state index in [-0.39, 0.29) is 34.3 Å². The highest BCUT2D eigenvalue weighted by Crippen LogP contribution is 2.31. The molecule has 9 nitrogen and oxygen atoms in total. The third-order valence-electron chi connectivity index (χ3n) is 6.47. The zero-order valence-electron chi connectivity index (χ0n) is 19.5. The number of amides is 1. The molecule has 0 unspecified atom stereocenters. The lowest BCUT2D eigenvalue weighted by atomic mass is 10.1. The first-order chi connectivity index (χ1) is 17.0. The van der Waals surface area contributed by atoms with Crippen LogP contribution >= 0.6 is 11.6 Å². The number of hydrogen-bond acceptors (Lipinski definition) is 7. The summed E-state index contributed by atoms with van der Waals surface area (Å²) in [6, 6.07) is 1.77. The highest BCUT2D eigenvalue weighted by atomic mass is 35.5. The molecule has 11 heteroatoms. The molecule has 2 fully saturated rings. The summed E-state index contributed by atoms with van der Waals surface area (Å²) in [4.78, 5) is 31.8. The molecule has 0 bridgehead atoms. The summed E-state index contributed by atoms with van der Waals surface area (Å²) in [5.74, 6) is 0.275. The van der Waals surface area contributed by atoms with Gasteiger partial charge in [0.15, 0.2) is 5.82 Å². The Balaban J connectivity index is 1.38. The van der Waals surface area contributed by atoms with Gasteiger partial charge in [-0.05, 0) is 45.1 Å². The fraction of sp³-hybridized carbons (Fsp3) is 0.458. The summed E-state index contributed by atoms with van der Waals surface area (Å²) in [7, 11) is 0. The number of nitrogens with zero attached hydrogens (tertiary/aromatic N) is 6. The maximum atomic E-state index is 14.8. The van der Waals surface area contributed by atoms with Crippen molar-refractivity contribution in [2.24, 2.45) is 0 Å². The van der Waals surface area contributed by atoms with Crippen LogP contribution in [-0.2, 0) is 4.74 Å². The van der Waals surface area contributed by atoms with Crippen LogP contribution < -0.4 is 5.32 Å². The fourth-order valence-electron chi connectivity index (χ4n) is 4.68. The van der Waals surface area contributed by atoms with Crippen LogP contribution in [0.1, 0.15) is 54.5 Å². The maximum absolute atomic E-state index is 14.8. The van der Waals surface area contributed by atoms with E-state index in [0.717, 1.165) is 44.1 Å². The number of ether oxygens (including phenoxy) is 1. The Bertz CT molecular complexity index is 1220. The predicted octanol–water partition coefficient (Wildman–Crippen LogP) is 4.56. The Morgan fingerprint density at radius 1 is 1.11 bits per heavy atom. The zero-order chi connectivity index (χ0) is 24.4. The molecule has 1 N–H and O–H groups in total. The first-order valence-electron chi connectivity index (χ1n) is 11.9. The summed E-state index contributed by atoms with van der Waals surface area (Å²) < 4.78 is 22.3. The molecule has 0 saturated carbocycles. The van der Waals surface area contributed by atoms with Gasteiger partial charge in [-0.2, -0.15) is 0 Å². The molecule has 0 spiro atoms. The van der Waals surface area contributed by atoms with Gasteiger partial charge < -0.3 is 19.5 Å². The van der Waals surface area contributed by atoms with E-state index in [1.54, 1.807) is 17.2 Å². The molecule has 5 heterocycles. The van der Waals surface area contributed by atoms with Crippen molar-refractivity contribution in [2.45, 2.75) is 45.1 Å². The van der Waals surface area contributed by atoms with Gasteiger partial charge in [0, 0.05) is 32.3 Å². The van der Waals surface area contributed by atoms with E-state index in [1.807, 2.05) is 11.5 Å². The van der Waals surface area contributed by atoms with Gasteiger partial charge in [0.05, 0.1) is 35.0 Å². The third-order valence-corrected chi connectivity index (χ3v) is 6.76. The van der Waals surface area contributed by atoms with E-state index in [9.17, 15) is 9.18 Å². The molecule has 2 aliphatic rings. The van der Waals surface area contributed by atoms with Crippen molar-refractivity contribution >= 4 is 29.1 Å². The lowest BCUT2D eigenvalue weighted by molar-refractivity contribution is 0.0694. The normalized spacial score (nSPS) is 16.9. The van der Waals surface area contributed by atoms with Gasteiger partial charge in [0.25, 0.3) is 5.91 Å². The summed E-state index contributed by atoms with van der Waals surface area (Å²) in [5.41, 5.74) is 1.47. The van der Waals surface area contributed by atoms with Crippen molar-refractivity contribution in [3.05, 3.63) is 47.0 Å². The Hall–Kier alpha value is -3.11. The van der Waals surface area contributed by atoms with Crippen LogP contribution in [0.5, 0.6) is 0 Å². The quantitative estimate of drug-likeness (QED) is 0.549. The Morgan fingerprint density at radius 2 is 1.89 bits per heavy atom. The fourth-order valence-corrected chi connectivity index (χ4v) is 4.93. The minimum absolute atomic E-state index is 0.158. The van der Waals surface area contributed by atoms with E-state index in [1.165, 1.54) is 6.20 Å². The number of pyridine rings is 1. The van der Waals surface area contributed by atoms with Crippen molar-refractivity contribution in [1.29, 1.82) is 0 Å². The van der Waals surface area contributed by atoms with Gasteiger partial charge in [0.2, 0.25) is 5.95 Å². The minimum Gasteiger partial charge on any atom is -0.381 e. The smallest absolute Gasteiger partial charge is 0.273 e. The Morgan fingerprint density at radius 3 is 2.63 bits per heavy atom. The first kappa shape index (κ1) is 23.6. The average Bonchev–Trinajstić information content (AvgIpc) is 3.27. The standard InChI is InChI=1S/C24H27ClFN7O2/c1-15-27-14-20(33(15)17-5-9-35-10-6-17)22-19(26)13-29-24(31-22)30-16-11-18(25)21(28-12-16)23(34)32-7-3-2-4-8-32/h11-14,17H,2-10H2,1H3,(H,29,30,31). The van der Waals surface area contributed by atoms with Gasteiger partial charge in [-0.25, -0.2) is 24.3 Å². The number of carbonyl (C=O) groups is 1. The van der Waals surface area contributed by atoms with Gasteiger partial charge in [-0.1, -0.05) is 11.6 Å². The second kappa shape index (κ2) is 10.2. The van der Waals surface area contributed by atoms with Crippen LogP contribution in [0.15, 0.2) is 24.7 Å². The lowest BCUT2D eigenvalue weighted by Crippen LogP contribution is -2.36. The SMILES string of the molecule is Cc1ncc(-c2nc(Nc3cnc(C(=O)N4CCCCC4)c(Cl)c3)ncc2F)n1C1CCOCC1. The van der Waals surface area contributed by atoms with Crippen molar-refractivity contribution < 1.29 is 13.9 Å². The number of nitrogens with one attached hydrogen (secondary N) is 1. The van der Waals surface area contributed by atoms with Crippen LogP contribution in [0.4, 0.5) is 16.0 Å². The van der Waals surface area contributed by atoms with Gasteiger partial charge in [0.1, 0.15) is 17.2 Å². The molecule has 0 atom stereocenters. The van der Waals surface area contributed by atoms with Crippen molar-refractivity contribution in [2.75, 3.05) is 31.6 Å². The van der Waals surface area contributed by atoms with Crippen molar-refractivity contribution in [3.8, 4) is 11.4 Å². The maximum Gasteiger partial charge on any atom is 0.273 e. The zero-order valence-corrected chi connectivity index (χ0v) is 20.3.